The molecule has 2 aromatic carbocycles. The molecule has 0 saturated carbocycles. The van der Waals surface area contributed by atoms with E-state index in [9.17, 15) is 22.1 Å². The van der Waals surface area contributed by atoms with Crippen LogP contribution < -0.4 is 15.6 Å². The number of aryl methyl sites for hydroxylation is 1. The summed E-state index contributed by atoms with van der Waals surface area (Å²) in [6, 6.07) is 15.5. The van der Waals surface area contributed by atoms with Crippen LogP contribution in [0, 0.1) is 0 Å². The number of esters is 1. The molecule has 1 aromatic heterocycles. The van der Waals surface area contributed by atoms with E-state index in [2.05, 4.69) is 17.4 Å². The summed E-state index contributed by atoms with van der Waals surface area (Å²) in [4.78, 5) is 12.2. The number of imidazole rings is 1. The Hall–Kier alpha value is -3.50. The van der Waals surface area contributed by atoms with Gasteiger partial charge in [-0.1, -0.05) is 30.3 Å². The summed E-state index contributed by atoms with van der Waals surface area (Å²) < 4.78 is 48.2. The van der Waals surface area contributed by atoms with E-state index < -0.39 is 7.25 Å². The highest BCUT2D eigenvalue weighted by Crippen LogP contribution is 2.20. The minimum Gasteiger partial charge on any atom is -0.458 e. The lowest BCUT2D eigenvalue weighted by Crippen LogP contribution is -2.24. The zero-order valence-corrected chi connectivity index (χ0v) is 17.6. The molecule has 0 atom stereocenters. The summed E-state index contributed by atoms with van der Waals surface area (Å²) in [7, 11) is -4.05. The number of nitrogens with one attached hydrogen (secondary N) is 1. The van der Waals surface area contributed by atoms with E-state index in [-0.39, 0.29) is 5.97 Å². The van der Waals surface area contributed by atoms with Crippen molar-refractivity contribution in [3.63, 3.8) is 0 Å². The Morgan fingerprint density at radius 1 is 1.16 bits per heavy atom. The van der Waals surface area contributed by atoms with E-state index in [0.717, 1.165) is 18.7 Å². The minimum atomic E-state index is -6.00. The van der Waals surface area contributed by atoms with E-state index in [1.54, 1.807) is 12.1 Å². The molecular formula is C21H25BF4N4O2. The summed E-state index contributed by atoms with van der Waals surface area (Å²) in [5.74, 6) is -0.367. The van der Waals surface area contributed by atoms with Crippen molar-refractivity contribution in [2.45, 2.75) is 13.0 Å². The molecule has 0 aliphatic heterocycles. The average molecular weight is 452 g/mol. The number of benzene rings is 2. The average Bonchev–Trinajstić information content (AvgIpc) is 3.13. The maximum Gasteiger partial charge on any atom is 0.673 e. The fraction of sp³-hybridized carbons (Fsp3) is 0.238. The number of hydrogen-bond donors (Lipinski definition) is 2. The van der Waals surface area contributed by atoms with Gasteiger partial charge < -0.3 is 33.0 Å². The molecule has 0 aliphatic rings. The Balaban J connectivity index is 0.000000654. The third-order valence-electron chi connectivity index (χ3n) is 4.27. The van der Waals surface area contributed by atoms with Crippen LogP contribution in [0.4, 0.5) is 28.6 Å². The van der Waals surface area contributed by atoms with Gasteiger partial charge in [0.25, 0.3) is 0 Å². The Morgan fingerprint density at radius 2 is 1.84 bits per heavy atom. The zero-order chi connectivity index (χ0) is 23.6. The highest BCUT2D eigenvalue weighted by molar-refractivity contribution is 6.50. The zero-order valence-electron chi connectivity index (χ0n) is 17.6. The molecule has 3 rings (SSSR count). The van der Waals surface area contributed by atoms with Gasteiger partial charge >= 0.3 is 13.2 Å². The molecule has 0 aliphatic carbocycles. The van der Waals surface area contributed by atoms with E-state index in [1.165, 1.54) is 5.56 Å². The van der Waals surface area contributed by atoms with Gasteiger partial charge in [-0.3, -0.25) is 0 Å². The monoisotopic (exact) mass is 452 g/mol. The van der Waals surface area contributed by atoms with Crippen molar-refractivity contribution in [2.75, 3.05) is 24.2 Å². The van der Waals surface area contributed by atoms with Crippen molar-refractivity contribution in [1.82, 2.24) is 4.57 Å². The molecule has 11 heteroatoms. The molecule has 6 nitrogen and oxygen atoms in total. The minimum absolute atomic E-state index is 0.310. The van der Waals surface area contributed by atoms with Crippen LogP contribution in [0.2, 0.25) is 0 Å². The number of ether oxygens (including phenoxy) is 1. The largest absolute Gasteiger partial charge is 0.673 e. The Kier molecular flexibility index (Phi) is 9.12. The first-order valence-corrected chi connectivity index (χ1v) is 9.84. The van der Waals surface area contributed by atoms with Crippen molar-refractivity contribution in [3.8, 4) is 0 Å². The third kappa shape index (κ3) is 9.54. The maximum atomic E-state index is 12.2. The van der Waals surface area contributed by atoms with Gasteiger partial charge in [-0.15, -0.1) is 0 Å². The van der Waals surface area contributed by atoms with Gasteiger partial charge in [-0.2, -0.15) is 0 Å². The number of hydrogen-bond acceptors (Lipinski definition) is 4. The number of halogens is 4. The van der Waals surface area contributed by atoms with Crippen LogP contribution >= 0.6 is 0 Å². The second kappa shape index (κ2) is 11.8. The van der Waals surface area contributed by atoms with Gasteiger partial charge in [0, 0.05) is 6.54 Å². The second-order valence-electron chi connectivity index (χ2n) is 6.91. The normalized spacial score (nSPS) is 10.8. The molecule has 1 heterocycles. The molecule has 0 amide bonds. The van der Waals surface area contributed by atoms with Crippen LogP contribution in [0.3, 0.4) is 0 Å². The van der Waals surface area contributed by atoms with Crippen LogP contribution in [0.25, 0.3) is 0 Å². The van der Waals surface area contributed by atoms with Gasteiger partial charge in [0.2, 0.25) is 6.33 Å². The lowest BCUT2D eigenvalue weighted by molar-refractivity contribution is -0.671. The Labute approximate surface area is 183 Å². The predicted octanol–water partition coefficient (Wildman–Crippen LogP) is 3.71. The number of aromatic nitrogens is 2. The smallest absolute Gasteiger partial charge is 0.458 e. The summed E-state index contributed by atoms with van der Waals surface area (Å²) in [6.07, 6.45) is 6.71. The third-order valence-corrected chi connectivity index (χ3v) is 4.27. The first-order valence-electron chi connectivity index (χ1n) is 9.84. The second-order valence-corrected chi connectivity index (χ2v) is 6.91. The van der Waals surface area contributed by atoms with Crippen molar-refractivity contribution >= 4 is 24.6 Å². The number of anilines is 2. The van der Waals surface area contributed by atoms with E-state index in [1.807, 2.05) is 59.2 Å². The molecule has 0 radical (unpaired) electrons. The number of rotatable bonds is 8. The number of nitrogen functional groups attached to an aromatic ring is 1. The van der Waals surface area contributed by atoms with Gasteiger partial charge in [-0.05, 0) is 30.2 Å². The van der Waals surface area contributed by atoms with Gasteiger partial charge in [0.1, 0.15) is 25.5 Å². The lowest BCUT2D eigenvalue weighted by Gasteiger charge is -2.11. The summed E-state index contributed by atoms with van der Waals surface area (Å²) >= 11 is 0. The first kappa shape index (κ1) is 24.8. The molecule has 0 spiro atoms. The first-order chi connectivity index (χ1) is 15.1. The highest BCUT2D eigenvalue weighted by Gasteiger charge is 2.20. The van der Waals surface area contributed by atoms with Gasteiger partial charge in [0.05, 0.1) is 24.0 Å². The maximum absolute atomic E-state index is 12.2. The molecule has 0 fully saturated rings. The Morgan fingerprint density at radius 3 is 2.44 bits per heavy atom. The molecule has 3 N–H and O–H groups in total. The quantitative estimate of drug-likeness (QED) is 0.180. The van der Waals surface area contributed by atoms with Crippen molar-refractivity contribution in [1.29, 1.82) is 0 Å². The molecule has 0 bridgehead atoms. The predicted molar refractivity (Wildman–Crippen MR) is 116 cm³/mol. The summed E-state index contributed by atoms with van der Waals surface area (Å²) in [5.41, 5.74) is 9.16. The number of carbonyl (C=O) groups is 1. The fourth-order valence-electron chi connectivity index (χ4n) is 2.80. The van der Waals surface area contributed by atoms with Gasteiger partial charge in [-0.25, -0.2) is 13.9 Å². The molecule has 0 saturated heterocycles. The molecular weight excluding hydrogens is 427 g/mol. The van der Waals surface area contributed by atoms with Crippen LogP contribution in [-0.4, -0.2) is 30.9 Å². The van der Waals surface area contributed by atoms with Crippen molar-refractivity contribution in [3.05, 3.63) is 78.4 Å². The molecule has 0 unspecified atom stereocenters. The van der Waals surface area contributed by atoms with Crippen molar-refractivity contribution in [2.24, 2.45) is 7.05 Å². The van der Waals surface area contributed by atoms with Crippen LogP contribution in [0.15, 0.2) is 67.3 Å². The summed E-state index contributed by atoms with van der Waals surface area (Å²) in [6.45, 7) is 1.69. The van der Waals surface area contributed by atoms with Crippen LogP contribution in [0.1, 0.15) is 15.9 Å². The van der Waals surface area contributed by atoms with Gasteiger partial charge in [0.15, 0.2) is 0 Å². The topological polar surface area (TPSA) is 73.2 Å². The van der Waals surface area contributed by atoms with E-state index in [4.69, 9.17) is 10.5 Å². The lowest BCUT2D eigenvalue weighted by atomic mass is 10.1. The number of nitrogens with two attached hydrogens (primary N) is 1. The molecule has 3 aromatic rings. The summed E-state index contributed by atoms with van der Waals surface area (Å²) in [5, 5.41) is 3.31. The number of nitrogens with zero attached hydrogens (tertiary/aromatic N) is 2. The van der Waals surface area contributed by atoms with Crippen LogP contribution in [-0.2, 0) is 24.8 Å². The van der Waals surface area contributed by atoms with Crippen molar-refractivity contribution < 1.29 is 31.4 Å². The Bertz CT molecular complexity index is 991. The van der Waals surface area contributed by atoms with Crippen LogP contribution in [0.5, 0.6) is 0 Å². The fourth-order valence-corrected chi connectivity index (χ4v) is 2.80. The standard InChI is InChI=1S/C21H24N4O2.BF4/c1-24-11-12-25(16-24)13-14-27-21(26)18-7-8-20(19(22)15-18)23-10-9-17-5-3-2-4-6-17;2-1(3,4)5/h2-8,11-12,15-16H,9-10,13-14,22H2,1H3;/q;-1/p+1. The molecule has 172 valence electrons. The molecule has 32 heavy (non-hydrogen) atoms. The number of carbonyl (C=O) groups excluding carboxylic acids is 1. The van der Waals surface area contributed by atoms with E-state index >= 15 is 0 Å². The van der Waals surface area contributed by atoms with E-state index in [0.29, 0.717) is 24.4 Å². The highest BCUT2D eigenvalue weighted by atomic mass is 19.5. The SMILES string of the molecule is C[n+]1ccn(CCOC(=O)c2ccc(NCCc3ccccc3)c(N)c2)c1.F[B-](F)(F)F.